The van der Waals surface area contributed by atoms with Gasteiger partial charge in [-0.3, -0.25) is 9.69 Å². The molecule has 1 N–H and O–H groups in total. The number of piperidine rings is 1. The summed E-state index contributed by atoms with van der Waals surface area (Å²) >= 11 is 1.59. The number of rotatable bonds is 4. The summed E-state index contributed by atoms with van der Waals surface area (Å²) in [7, 11) is 2.21. The van der Waals surface area contributed by atoms with Gasteiger partial charge in [-0.15, -0.1) is 0 Å². The Kier molecular flexibility index (Phi) is 7.10. The van der Waals surface area contributed by atoms with Gasteiger partial charge in [0.25, 0.3) is 5.91 Å². The van der Waals surface area contributed by atoms with Crippen LogP contribution in [0.4, 0.5) is 13.2 Å². The number of likely N-dealkylation sites (tertiary alicyclic amines) is 1. The van der Waals surface area contributed by atoms with E-state index in [4.69, 9.17) is 14.3 Å². The molecule has 2 fully saturated rings. The van der Waals surface area contributed by atoms with Crippen molar-refractivity contribution in [1.82, 2.24) is 9.80 Å². The van der Waals surface area contributed by atoms with Crippen molar-refractivity contribution in [3.63, 3.8) is 0 Å². The zero-order valence-corrected chi connectivity index (χ0v) is 17.9. The van der Waals surface area contributed by atoms with E-state index in [1.54, 1.807) is 17.6 Å². The zero-order valence-electron chi connectivity index (χ0n) is 17.1. The second-order valence-electron chi connectivity index (χ2n) is 8.02. The number of alkyl halides is 3. The van der Waals surface area contributed by atoms with Crippen LogP contribution in [0.3, 0.4) is 0 Å². The first-order valence-electron chi connectivity index (χ1n) is 9.96. The summed E-state index contributed by atoms with van der Waals surface area (Å²) in [4.78, 5) is 25.9. The number of carbonyl (C=O) groups is 2. The monoisotopic (exact) mass is 458 g/mol. The highest BCUT2D eigenvalue weighted by Crippen LogP contribution is 2.51. The highest BCUT2D eigenvalue weighted by atomic mass is 32.1. The molecule has 0 bridgehead atoms. The van der Waals surface area contributed by atoms with E-state index < -0.39 is 12.1 Å². The molecule has 2 aliphatic rings. The van der Waals surface area contributed by atoms with Crippen LogP contribution in [-0.2, 0) is 11.3 Å². The number of halogens is 3. The van der Waals surface area contributed by atoms with Crippen molar-refractivity contribution in [2.75, 3.05) is 20.1 Å². The number of hydrogen-bond acceptors (Lipinski definition) is 5. The normalized spacial score (nSPS) is 20.2. The minimum Gasteiger partial charge on any atom is -0.475 e. The molecule has 1 amide bonds. The van der Waals surface area contributed by atoms with E-state index in [0.717, 1.165) is 43.8 Å². The smallest absolute Gasteiger partial charge is 0.475 e. The van der Waals surface area contributed by atoms with Crippen molar-refractivity contribution in [2.45, 2.75) is 44.4 Å². The molecule has 2 aromatic heterocycles. The van der Waals surface area contributed by atoms with Gasteiger partial charge in [0, 0.05) is 24.5 Å². The minimum atomic E-state index is -5.08. The van der Waals surface area contributed by atoms with Gasteiger partial charge in [0.05, 0.1) is 18.4 Å². The van der Waals surface area contributed by atoms with Crippen LogP contribution in [0.5, 0.6) is 0 Å². The molecule has 170 valence electrons. The third-order valence-corrected chi connectivity index (χ3v) is 6.88. The summed E-state index contributed by atoms with van der Waals surface area (Å²) in [6.07, 6.45) is 1.46. The molecule has 1 atom stereocenters. The summed E-state index contributed by atoms with van der Waals surface area (Å²) in [5, 5.41) is 11.1. The fraction of sp³-hybridized carbons (Fsp3) is 0.524. The Morgan fingerprint density at radius 1 is 1.29 bits per heavy atom. The first-order chi connectivity index (χ1) is 14.6. The van der Waals surface area contributed by atoms with Gasteiger partial charge in [-0.25, -0.2) is 4.79 Å². The molecule has 1 saturated carbocycles. The summed E-state index contributed by atoms with van der Waals surface area (Å²) in [6, 6.07) is 6.54. The molecule has 0 aromatic carbocycles. The fourth-order valence-electron chi connectivity index (χ4n) is 4.44. The van der Waals surface area contributed by atoms with Crippen molar-refractivity contribution in [1.29, 1.82) is 0 Å². The molecular formula is C21H25F3N2O4S. The van der Waals surface area contributed by atoms with Crippen LogP contribution in [0, 0.1) is 5.41 Å². The van der Waals surface area contributed by atoms with Crippen molar-refractivity contribution >= 4 is 23.2 Å². The van der Waals surface area contributed by atoms with Gasteiger partial charge in [0.2, 0.25) is 0 Å². The van der Waals surface area contributed by atoms with E-state index in [-0.39, 0.29) is 5.91 Å². The van der Waals surface area contributed by atoms with E-state index >= 15 is 0 Å². The predicted molar refractivity (Wildman–Crippen MR) is 109 cm³/mol. The molecule has 1 spiro atoms. The molecule has 0 radical (unpaired) electrons. The number of aliphatic carboxylic acids is 1. The maximum Gasteiger partial charge on any atom is 0.490 e. The van der Waals surface area contributed by atoms with Crippen LogP contribution in [0.15, 0.2) is 39.6 Å². The van der Waals surface area contributed by atoms with Gasteiger partial charge in [-0.05, 0) is 61.7 Å². The van der Waals surface area contributed by atoms with E-state index in [0.29, 0.717) is 11.5 Å². The molecule has 10 heteroatoms. The maximum absolute atomic E-state index is 12.5. The Bertz CT molecular complexity index is 860. The largest absolute Gasteiger partial charge is 0.490 e. The standard InChI is InChI=1S/C19H24N2O2S.C2HF3O2/c1-20(13-16-3-2-11-23-16)17-4-6-19(17)7-9-21(10-8-19)18(22)15-5-12-24-14-15;3-2(4,5)1(6)7/h2-3,5,11-12,14,17H,4,6-10,13H2,1H3;(H,6,7). The summed E-state index contributed by atoms with van der Waals surface area (Å²) < 4.78 is 37.2. The van der Waals surface area contributed by atoms with Gasteiger partial charge in [-0.2, -0.15) is 24.5 Å². The Balaban J connectivity index is 0.000000339. The molecule has 4 rings (SSSR count). The summed E-state index contributed by atoms with van der Waals surface area (Å²) in [5.41, 5.74) is 1.24. The van der Waals surface area contributed by atoms with Crippen LogP contribution in [0.25, 0.3) is 0 Å². The number of carboxylic acids is 1. The molecule has 1 unspecified atom stereocenters. The fourth-order valence-corrected chi connectivity index (χ4v) is 5.06. The van der Waals surface area contributed by atoms with E-state index in [1.165, 1.54) is 12.8 Å². The first kappa shape index (κ1) is 23.3. The SMILES string of the molecule is CN(Cc1ccco1)C1CCC12CCN(C(=O)c1ccsc1)CC2.O=C(O)C(F)(F)F. The second kappa shape index (κ2) is 9.44. The zero-order chi connectivity index (χ0) is 22.6. The minimum absolute atomic E-state index is 0.200. The molecule has 31 heavy (non-hydrogen) atoms. The number of hydrogen-bond donors (Lipinski definition) is 1. The highest BCUT2D eigenvalue weighted by Gasteiger charge is 2.50. The van der Waals surface area contributed by atoms with Crippen LogP contribution in [0.1, 0.15) is 41.8 Å². The first-order valence-corrected chi connectivity index (χ1v) is 10.9. The summed E-state index contributed by atoms with van der Waals surface area (Å²) in [6.45, 7) is 2.65. The number of amides is 1. The molecular weight excluding hydrogens is 433 g/mol. The predicted octanol–water partition coefficient (Wildman–Crippen LogP) is 4.49. The molecule has 3 heterocycles. The number of carbonyl (C=O) groups excluding carboxylic acids is 1. The van der Waals surface area contributed by atoms with Crippen LogP contribution < -0.4 is 0 Å². The van der Waals surface area contributed by atoms with E-state index in [1.807, 2.05) is 33.9 Å². The van der Waals surface area contributed by atoms with Crippen LogP contribution in [-0.4, -0.2) is 59.1 Å². The number of carboxylic acid groups (broad SMARTS) is 1. The number of furan rings is 1. The Morgan fingerprint density at radius 2 is 1.97 bits per heavy atom. The van der Waals surface area contributed by atoms with Crippen molar-refractivity contribution in [3.05, 3.63) is 46.5 Å². The van der Waals surface area contributed by atoms with Gasteiger partial charge in [0.15, 0.2) is 0 Å². The lowest BCUT2D eigenvalue weighted by atomic mass is 9.58. The van der Waals surface area contributed by atoms with Gasteiger partial charge in [-0.1, -0.05) is 0 Å². The lowest BCUT2D eigenvalue weighted by Gasteiger charge is -2.56. The second-order valence-corrected chi connectivity index (χ2v) is 8.80. The Hall–Kier alpha value is -2.33. The summed E-state index contributed by atoms with van der Waals surface area (Å²) in [5.74, 6) is -1.52. The Labute approximate surface area is 182 Å². The number of thiophene rings is 1. The maximum atomic E-state index is 12.5. The van der Waals surface area contributed by atoms with E-state index in [2.05, 4.69) is 11.9 Å². The highest BCUT2D eigenvalue weighted by molar-refractivity contribution is 7.08. The lowest BCUT2D eigenvalue weighted by Crippen LogP contribution is -2.58. The average Bonchev–Trinajstić information content (AvgIpc) is 3.40. The van der Waals surface area contributed by atoms with E-state index in [9.17, 15) is 18.0 Å². The molecule has 1 aliphatic carbocycles. The Morgan fingerprint density at radius 3 is 2.42 bits per heavy atom. The van der Waals surface area contributed by atoms with Crippen molar-refractivity contribution in [3.8, 4) is 0 Å². The van der Waals surface area contributed by atoms with Crippen LogP contribution in [0.2, 0.25) is 0 Å². The quantitative estimate of drug-likeness (QED) is 0.731. The van der Waals surface area contributed by atoms with Crippen molar-refractivity contribution in [2.24, 2.45) is 5.41 Å². The number of nitrogens with zero attached hydrogens (tertiary/aromatic N) is 2. The average molecular weight is 459 g/mol. The van der Waals surface area contributed by atoms with Gasteiger partial charge in [0.1, 0.15) is 5.76 Å². The van der Waals surface area contributed by atoms with Crippen molar-refractivity contribution < 1.29 is 32.3 Å². The van der Waals surface area contributed by atoms with Gasteiger partial charge >= 0.3 is 12.1 Å². The topological polar surface area (TPSA) is 74.0 Å². The molecule has 1 saturated heterocycles. The van der Waals surface area contributed by atoms with Crippen LogP contribution >= 0.6 is 11.3 Å². The molecule has 6 nitrogen and oxygen atoms in total. The lowest BCUT2D eigenvalue weighted by molar-refractivity contribution is -0.192. The molecule has 2 aromatic rings. The molecule has 1 aliphatic heterocycles. The van der Waals surface area contributed by atoms with Gasteiger partial charge < -0.3 is 14.4 Å². The third-order valence-electron chi connectivity index (χ3n) is 6.20. The third kappa shape index (κ3) is 5.48.